The van der Waals surface area contributed by atoms with Crippen LogP contribution in [0.3, 0.4) is 0 Å². The number of halogens is 3. The molecule has 1 aromatic carbocycles. The molecule has 154 valence electrons. The van der Waals surface area contributed by atoms with E-state index in [0.717, 1.165) is 0 Å². The van der Waals surface area contributed by atoms with Gasteiger partial charge in [-0.1, -0.05) is 24.3 Å². The number of methoxy groups -OCH3 is 1. The lowest BCUT2D eigenvalue weighted by atomic mass is 10.1. The molecule has 11 heteroatoms. The standard InChI is InChI=1S/C17H18F3NO5S2/c1-3-26-16(22)13-8-14(17(18,19)20)27-15(13)21-28(23,24)10-12-7-5-4-6-11(12)9-25-2/h4-8,21H,3,9-10H2,1-2H3. The first kappa shape index (κ1) is 22.2. The Morgan fingerprint density at radius 2 is 1.86 bits per heavy atom. The number of rotatable bonds is 8. The minimum absolute atomic E-state index is 0.0629. The Kier molecular flexibility index (Phi) is 7.07. The van der Waals surface area contributed by atoms with Crippen LogP contribution in [0.2, 0.25) is 0 Å². The predicted octanol–water partition coefficient (Wildman–Crippen LogP) is 4.03. The third-order valence-corrected chi connectivity index (χ3v) is 5.95. The Morgan fingerprint density at radius 3 is 2.43 bits per heavy atom. The van der Waals surface area contributed by atoms with E-state index in [1.807, 2.05) is 0 Å². The number of hydrogen-bond acceptors (Lipinski definition) is 6. The van der Waals surface area contributed by atoms with Crippen LogP contribution in [0.15, 0.2) is 30.3 Å². The Hall–Kier alpha value is -2.11. The maximum absolute atomic E-state index is 13.0. The molecular formula is C17H18F3NO5S2. The SMILES string of the molecule is CCOC(=O)c1cc(C(F)(F)F)sc1NS(=O)(=O)Cc1ccccc1COC. The molecule has 28 heavy (non-hydrogen) atoms. The summed E-state index contributed by atoms with van der Waals surface area (Å²) in [5.74, 6) is -1.53. The molecule has 0 fully saturated rings. The first-order chi connectivity index (χ1) is 13.1. The Balaban J connectivity index is 2.35. The summed E-state index contributed by atoms with van der Waals surface area (Å²) in [5.41, 5.74) is 0.582. The minimum atomic E-state index is -4.72. The van der Waals surface area contributed by atoms with Gasteiger partial charge in [-0.3, -0.25) is 4.72 Å². The van der Waals surface area contributed by atoms with Gasteiger partial charge in [0.15, 0.2) is 0 Å². The first-order valence-electron chi connectivity index (χ1n) is 8.01. The van der Waals surface area contributed by atoms with E-state index in [2.05, 4.69) is 4.72 Å². The van der Waals surface area contributed by atoms with E-state index in [4.69, 9.17) is 9.47 Å². The number of benzene rings is 1. The molecule has 0 spiro atoms. The van der Waals surface area contributed by atoms with E-state index in [1.54, 1.807) is 24.3 Å². The van der Waals surface area contributed by atoms with Gasteiger partial charge in [0.25, 0.3) is 0 Å². The summed E-state index contributed by atoms with van der Waals surface area (Å²) >= 11 is 0.132. The fourth-order valence-electron chi connectivity index (χ4n) is 2.34. The molecule has 1 N–H and O–H groups in total. The minimum Gasteiger partial charge on any atom is -0.462 e. The van der Waals surface area contributed by atoms with Crippen LogP contribution in [0.25, 0.3) is 0 Å². The lowest BCUT2D eigenvalue weighted by Crippen LogP contribution is -2.17. The van der Waals surface area contributed by atoms with Gasteiger partial charge in [0, 0.05) is 7.11 Å². The van der Waals surface area contributed by atoms with Crippen molar-refractivity contribution in [3.63, 3.8) is 0 Å². The van der Waals surface area contributed by atoms with Crippen LogP contribution in [0.1, 0.15) is 33.3 Å². The lowest BCUT2D eigenvalue weighted by Gasteiger charge is -2.11. The average Bonchev–Trinajstić information content (AvgIpc) is 3.00. The van der Waals surface area contributed by atoms with Gasteiger partial charge in [-0.15, -0.1) is 11.3 Å². The van der Waals surface area contributed by atoms with Crippen molar-refractivity contribution in [2.24, 2.45) is 0 Å². The second kappa shape index (κ2) is 8.93. The number of nitrogens with one attached hydrogen (secondary N) is 1. The number of alkyl halides is 3. The lowest BCUT2D eigenvalue weighted by molar-refractivity contribution is -0.134. The van der Waals surface area contributed by atoms with Crippen molar-refractivity contribution in [3.8, 4) is 0 Å². The van der Waals surface area contributed by atoms with Crippen molar-refractivity contribution < 1.29 is 35.9 Å². The third-order valence-electron chi connectivity index (χ3n) is 3.52. The number of anilines is 1. The first-order valence-corrected chi connectivity index (χ1v) is 10.5. The summed E-state index contributed by atoms with van der Waals surface area (Å²) in [7, 11) is -2.64. The van der Waals surface area contributed by atoms with Crippen LogP contribution >= 0.6 is 11.3 Å². The summed E-state index contributed by atoms with van der Waals surface area (Å²) in [5, 5.41) is -0.435. The molecule has 0 saturated carbocycles. The summed E-state index contributed by atoms with van der Waals surface area (Å²) in [6.45, 7) is 1.61. The van der Waals surface area contributed by atoms with Crippen molar-refractivity contribution in [2.45, 2.75) is 25.5 Å². The summed E-state index contributed by atoms with van der Waals surface area (Å²) < 4.78 is 76.0. The molecule has 2 aromatic rings. The smallest absolute Gasteiger partial charge is 0.425 e. The van der Waals surface area contributed by atoms with E-state index >= 15 is 0 Å². The molecule has 2 rings (SSSR count). The van der Waals surface area contributed by atoms with E-state index < -0.39 is 43.4 Å². The monoisotopic (exact) mass is 437 g/mol. The van der Waals surface area contributed by atoms with E-state index in [1.165, 1.54) is 14.0 Å². The molecule has 0 aliphatic rings. The molecule has 0 unspecified atom stereocenters. The van der Waals surface area contributed by atoms with Crippen LogP contribution in [0, 0.1) is 0 Å². The highest BCUT2D eigenvalue weighted by Crippen LogP contribution is 2.40. The number of sulfonamides is 1. The number of carbonyl (C=O) groups is 1. The highest BCUT2D eigenvalue weighted by Gasteiger charge is 2.36. The molecule has 0 aliphatic heterocycles. The molecule has 1 aromatic heterocycles. The quantitative estimate of drug-likeness (QED) is 0.631. The topological polar surface area (TPSA) is 81.7 Å². The van der Waals surface area contributed by atoms with E-state index in [9.17, 15) is 26.4 Å². The van der Waals surface area contributed by atoms with Crippen molar-refractivity contribution in [3.05, 3.63) is 51.9 Å². The Bertz CT molecular complexity index is 939. The molecule has 6 nitrogen and oxygen atoms in total. The number of carbonyl (C=O) groups excluding carboxylic acids is 1. The Labute approximate surface area is 164 Å². The van der Waals surface area contributed by atoms with Gasteiger partial charge in [-0.2, -0.15) is 13.2 Å². The fourth-order valence-corrected chi connectivity index (χ4v) is 4.81. The van der Waals surface area contributed by atoms with Gasteiger partial charge in [0.2, 0.25) is 10.0 Å². The average molecular weight is 437 g/mol. The molecule has 0 radical (unpaired) electrons. The maximum atomic E-state index is 13.0. The van der Waals surface area contributed by atoms with E-state index in [-0.39, 0.29) is 24.6 Å². The Morgan fingerprint density at radius 1 is 1.21 bits per heavy atom. The van der Waals surface area contributed by atoms with Gasteiger partial charge in [-0.25, -0.2) is 13.2 Å². The van der Waals surface area contributed by atoms with Crippen LogP contribution in [0.4, 0.5) is 18.2 Å². The maximum Gasteiger partial charge on any atom is 0.425 e. The van der Waals surface area contributed by atoms with Gasteiger partial charge < -0.3 is 9.47 Å². The van der Waals surface area contributed by atoms with Crippen molar-refractivity contribution in [2.75, 3.05) is 18.4 Å². The van der Waals surface area contributed by atoms with Crippen LogP contribution in [-0.2, 0) is 38.0 Å². The molecular weight excluding hydrogens is 419 g/mol. The normalized spacial score (nSPS) is 12.0. The van der Waals surface area contributed by atoms with Gasteiger partial charge in [0.05, 0.1) is 24.5 Å². The number of thiophene rings is 1. The predicted molar refractivity (Wildman–Crippen MR) is 98.7 cm³/mol. The number of ether oxygens (including phenoxy) is 2. The summed E-state index contributed by atoms with van der Waals surface area (Å²) in [6.07, 6.45) is -4.72. The molecule has 0 aliphatic carbocycles. The molecule has 1 heterocycles. The summed E-state index contributed by atoms with van der Waals surface area (Å²) in [4.78, 5) is 10.9. The zero-order valence-corrected chi connectivity index (χ0v) is 16.6. The van der Waals surface area contributed by atoms with Gasteiger partial charge in [0.1, 0.15) is 9.88 Å². The highest BCUT2D eigenvalue weighted by atomic mass is 32.2. The molecule has 0 atom stereocenters. The third kappa shape index (κ3) is 5.69. The number of esters is 1. The van der Waals surface area contributed by atoms with Crippen LogP contribution < -0.4 is 4.72 Å². The van der Waals surface area contributed by atoms with Gasteiger partial charge in [-0.05, 0) is 24.1 Å². The van der Waals surface area contributed by atoms with Crippen LogP contribution in [-0.4, -0.2) is 28.1 Å². The van der Waals surface area contributed by atoms with Crippen molar-refractivity contribution in [1.29, 1.82) is 0 Å². The molecule has 0 saturated heterocycles. The highest BCUT2D eigenvalue weighted by molar-refractivity contribution is 7.92. The zero-order chi connectivity index (χ0) is 20.9. The molecule has 0 bridgehead atoms. The fraction of sp³-hybridized carbons (Fsp3) is 0.353. The second-order valence-electron chi connectivity index (χ2n) is 5.63. The molecule has 0 amide bonds. The zero-order valence-electron chi connectivity index (χ0n) is 15.0. The number of hydrogen-bond donors (Lipinski definition) is 1. The largest absolute Gasteiger partial charge is 0.462 e. The van der Waals surface area contributed by atoms with E-state index in [0.29, 0.717) is 17.2 Å². The van der Waals surface area contributed by atoms with Gasteiger partial charge >= 0.3 is 12.1 Å². The van der Waals surface area contributed by atoms with Crippen molar-refractivity contribution in [1.82, 2.24) is 0 Å². The second-order valence-corrected chi connectivity index (χ2v) is 8.41. The van der Waals surface area contributed by atoms with Crippen molar-refractivity contribution >= 4 is 32.3 Å². The summed E-state index contributed by atoms with van der Waals surface area (Å²) in [6, 6.07) is 7.20. The van der Waals surface area contributed by atoms with Crippen LogP contribution in [0.5, 0.6) is 0 Å².